The van der Waals surface area contributed by atoms with Gasteiger partial charge < -0.3 is 21.2 Å². The fraction of sp³-hybridized carbons (Fsp3) is 0.455. The number of aliphatic hydroxyl groups is 1. The lowest BCUT2D eigenvalue weighted by molar-refractivity contribution is 0.302. The molecule has 1 aromatic rings. The van der Waals surface area contributed by atoms with E-state index < -0.39 is 10.0 Å². The van der Waals surface area contributed by atoms with Gasteiger partial charge in [0.2, 0.25) is 10.0 Å². The molecule has 0 amide bonds. The van der Waals surface area contributed by atoms with Gasteiger partial charge in [0.15, 0.2) is 0 Å². The Morgan fingerprint density at radius 1 is 1.19 bits per heavy atom. The van der Waals surface area contributed by atoms with Crippen LogP contribution in [0.1, 0.15) is 0 Å². The molecule has 10 heteroatoms. The highest BCUT2D eigenvalue weighted by Crippen LogP contribution is 2.15. The molecule has 126 valence electrons. The molecule has 0 aliphatic carbocycles. The zero-order valence-electron chi connectivity index (χ0n) is 11.7. The van der Waals surface area contributed by atoms with Crippen LogP contribution in [-0.2, 0) is 10.0 Å². The van der Waals surface area contributed by atoms with Crippen LogP contribution >= 0.6 is 24.8 Å². The van der Waals surface area contributed by atoms with Crippen LogP contribution in [0.3, 0.4) is 0 Å². The Bertz CT molecular complexity index is 471. The third-order valence-corrected chi connectivity index (χ3v) is 3.10. The highest BCUT2D eigenvalue weighted by atomic mass is 35.5. The summed E-state index contributed by atoms with van der Waals surface area (Å²) in [6.45, 7) is 1.22. The summed E-state index contributed by atoms with van der Waals surface area (Å²) < 4.78 is 24.3. The molecule has 0 aromatic heterocycles. The highest BCUT2D eigenvalue weighted by molar-refractivity contribution is 7.88. The maximum Gasteiger partial charge on any atom is 0.208 e. The van der Waals surface area contributed by atoms with Crippen LogP contribution in [0, 0.1) is 0 Å². The molecule has 1 aromatic carbocycles. The molecule has 7 nitrogen and oxygen atoms in total. The largest absolute Gasteiger partial charge is 0.412 e. The lowest BCUT2D eigenvalue weighted by Gasteiger charge is -2.24. The van der Waals surface area contributed by atoms with Crippen molar-refractivity contribution in [1.82, 2.24) is 4.72 Å². The van der Waals surface area contributed by atoms with Crippen LogP contribution in [0.25, 0.3) is 0 Å². The quantitative estimate of drug-likeness (QED) is 0.569. The molecule has 6 N–H and O–H groups in total. The number of nitrogens with one attached hydrogen (secondary N) is 1. The van der Waals surface area contributed by atoms with Crippen molar-refractivity contribution in [3.8, 4) is 0 Å². The van der Waals surface area contributed by atoms with E-state index in [1.807, 2.05) is 17.0 Å². The minimum Gasteiger partial charge on any atom is -0.412 e. The number of hydrogen-bond acceptors (Lipinski definition) is 5. The van der Waals surface area contributed by atoms with E-state index in [4.69, 9.17) is 10.8 Å². The zero-order valence-corrected chi connectivity index (χ0v) is 14.1. The van der Waals surface area contributed by atoms with Crippen molar-refractivity contribution < 1.29 is 19.0 Å². The van der Waals surface area contributed by atoms with E-state index in [2.05, 4.69) is 4.72 Å². The molecule has 21 heavy (non-hydrogen) atoms. The zero-order chi connectivity index (χ0) is 13.6. The number of anilines is 2. The van der Waals surface area contributed by atoms with Crippen molar-refractivity contribution in [2.24, 2.45) is 0 Å². The van der Waals surface area contributed by atoms with Gasteiger partial charge in [0.05, 0.1) is 12.9 Å². The third-order valence-electron chi connectivity index (χ3n) is 2.37. The van der Waals surface area contributed by atoms with Crippen LogP contribution in [0.5, 0.6) is 0 Å². The minimum absolute atomic E-state index is 0. The van der Waals surface area contributed by atoms with Gasteiger partial charge in [0.1, 0.15) is 0 Å². The number of nitrogen functional groups attached to an aromatic ring is 1. The van der Waals surface area contributed by atoms with Gasteiger partial charge in [0.25, 0.3) is 0 Å². The maximum absolute atomic E-state index is 11.0. The Hall–Kier alpha value is -0.770. The molecule has 0 heterocycles. The van der Waals surface area contributed by atoms with E-state index in [9.17, 15) is 8.42 Å². The van der Waals surface area contributed by atoms with Crippen molar-refractivity contribution in [3.63, 3.8) is 0 Å². The van der Waals surface area contributed by atoms with Gasteiger partial charge in [-0.2, -0.15) is 0 Å². The number of halogens is 2. The van der Waals surface area contributed by atoms with Crippen LogP contribution in [0.2, 0.25) is 0 Å². The van der Waals surface area contributed by atoms with Gasteiger partial charge in [-0.3, -0.25) is 0 Å². The number of nitrogens with two attached hydrogens (primary N) is 1. The van der Waals surface area contributed by atoms with Gasteiger partial charge in [0, 0.05) is 31.0 Å². The number of hydrogen-bond donors (Lipinski definition) is 3. The Labute approximate surface area is 137 Å². The summed E-state index contributed by atoms with van der Waals surface area (Å²) in [7, 11) is -3.18. The number of benzene rings is 1. The summed E-state index contributed by atoms with van der Waals surface area (Å²) in [4.78, 5) is 1.89. The molecule has 0 atom stereocenters. The van der Waals surface area contributed by atoms with Gasteiger partial charge in [-0.25, -0.2) is 13.1 Å². The lowest BCUT2D eigenvalue weighted by atomic mass is 10.2. The van der Waals surface area contributed by atoms with Crippen molar-refractivity contribution in [1.29, 1.82) is 0 Å². The summed E-state index contributed by atoms with van der Waals surface area (Å²) in [5.74, 6) is 0. The first-order chi connectivity index (χ1) is 8.42. The normalized spacial score (nSPS) is 9.81. The highest BCUT2D eigenvalue weighted by Gasteiger charge is 2.07. The van der Waals surface area contributed by atoms with E-state index >= 15 is 0 Å². The average molecular weight is 364 g/mol. The maximum atomic E-state index is 11.0. The average Bonchev–Trinajstić information content (AvgIpc) is 2.27. The Morgan fingerprint density at radius 3 is 2.14 bits per heavy atom. The van der Waals surface area contributed by atoms with Crippen molar-refractivity contribution >= 4 is 46.2 Å². The van der Waals surface area contributed by atoms with E-state index in [1.165, 1.54) is 0 Å². The predicted octanol–water partition coefficient (Wildman–Crippen LogP) is -0.364. The van der Waals surface area contributed by atoms with Crippen molar-refractivity contribution in [2.45, 2.75) is 0 Å². The Morgan fingerprint density at radius 2 is 1.71 bits per heavy atom. The fourth-order valence-corrected chi connectivity index (χ4v) is 2.00. The summed E-state index contributed by atoms with van der Waals surface area (Å²) in [5.41, 5.74) is 7.16. The monoisotopic (exact) mass is 363 g/mol. The predicted molar refractivity (Wildman–Crippen MR) is 91.1 cm³/mol. The fourth-order valence-electron chi connectivity index (χ4n) is 1.54. The van der Waals surface area contributed by atoms with Gasteiger partial charge in [-0.05, 0) is 24.3 Å². The molecule has 0 saturated heterocycles. The van der Waals surface area contributed by atoms with Gasteiger partial charge in [-0.15, -0.1) is 24.8 Å². The SMILES string of the molecule is CS(=O)(=O)NCCN(CCO)c1ccc(N)cc1.Cl.Cl.O. The molecule has 0 radical (unpaired) electrons. The topological polar surface area (TPSA) is 127 Å². The number of aliphatic hydroxyl groups excluding tert-OH is 1. The van der Waals surface area contributed by atoms with Crippen LogP contribution in [0.4, 0.5) is 11.4 Å². The summed E-state index contributed by atoms with van der Waals surface area (Å²) in [6.07, 6.45) is 1.12. The molecular weight excluding hydrogens is 341 g/mol. The van der Waals surface area contributed by atoms with Gasteiger partial charge >= 0.3 is 0 Å². The van der Waals surface area contributed by atoms with Gasteiger partial charge in [-0.1, -0.05) is 0 Å². The second-order valence-electron chi connectivity index (χ2n) is 3.97. The molecular formula is C11H23Cl2N3O4S. The minimum atomic E-state index is -3.18. The Kier molecular flexibility index (Phi) is 14.2. The van der Waals surface area contributed by atoms with E-state index in [1.54, 1.807) is 12.1 Å². The number of rotatable bonds is 7. The molecule has 1 rings (SSSR count). The molecule has 0 fully saturated rings. The van der Waals surface area contributed by atoms with Crippen LogP contribution in [-0.4, -0.2) is 51.5 Å². The van der Waals surface area contributed by atoms with E-state index in [-0.39, 0.29) is 36.9 Å². The third kappa shape index (κ3) is 10.6. The second kappa shape index (κ2) is 11.8. The molecule has 0 spiro atoms. The first-order valence-corrected chi connectivity index (χ1v) is 7.47. The van der Waals surface area contributed by atoms with Crippen molar-refractivity contribution in [2.75, 3.05) is 43.1 Å². The number of sulfonamides is 1. The summed E-state index contributed by atoms with van der Waals surface area (Å²) in [5, 5.41) is 9.01. The standard InChI is InChI=1S/C11H19N3O3S.2ClH.H2O/c1-18(16,17)13-6-7-14(8-9-15)11-4-2-10(12)3-5-11;;;/h2-5,13,15H,6-9,12H2,1H3;2*1H;1H2. The number of nitrogens with zero attached hydrogens (tertiary/aromatic N) is 1. The first-order valence-electron chi connectivity index (χ1n) is 5.58. The molecule has 0 unspecified atom stereocenters. The van der Waals surface area contributed by atoms with E-state index in [0.717, 1.165) is 11.9 Å². The smallest absolute Gasteiger partial charge is 0.208 e. The van der Waals surface area contributed by atoms with Crippen molar-refractivity contribution in [3.05, 3.63) is 24.3 Å². The Balaban J connectivity index is -0.00000108. The molecule has 0 aliphatic heterocycles. The van der Waals surface area contributed by atoms with E-state index in [0.29, 0.717) is 25.3 Å². The molecule has 0 bridgehead atoms. The van der Waals surface area contributed by atoms with Crippen LogP contribution < -0.4 is 15.4 Å². The van der Waals surface area contributed by atoms with Crippen LogP contribution in [0.15, 0.2) is 24.3 Å². The lowest BCUT2D eigenvalue weighted by Crippen LogP contribution is -2.36. The summed E-state index contributed by atoms with van der Waals surface area (Å²) >= 11 is 0. The molecule has 0 saturated carbocycles. The second-order valence-corrected chi connectivity index (χ2v) is 5.80. The first kappa shape index (κ1) is 25.2. The summed E-state index contributed by atoms with van der Waals surface area (Å²) in [6, 6.07) is 7.21. The molecule has 0 aliphatic rings.